The van der Waals surface area contributed by atoms with Gasteiger partial charge in [0, 0.05) is 25.7 Å². The van der Waals surface area contributed by atoms with Gasteiger partial charge in [-0.05, 0) is 37.1 Å². The Morgan fingerprint density at radius 1 is 1.21 bits per heavy atom. The zero-order chi connectivity index (χ0) is 13.1. The molecule has 1 saturated heterocycles. The van der Waals surface area contributed by atoms with Crippen LogP contribution in [0.15, 0.2) is 18.2 Å². The van der Waals surface area contributed by atoms with Crippen LogP contribution in [0.25, 0.3) is 0 Å². The summed E-state index contributed by atoms with van der Waals surface area (Å²) in [5.74, 6) is 1.76. The van der Waals surface area contributed by atoms with E-state index in [0.29, 0.717) is 12.8 Å². The maximum absolute atomic E-state index is 5.49. The predicted octanol–water partition coefficient (Wildman–Crippen LogP) is 2.16. The molecule has 0 radical (unpaired) electrons. The van der Waals surface area contributed by atoms with Gasteiger partial charge in [-0.1, -0.05) is 13.0 Å². The molecule has 2 heterocycles. The van der Waals surface area contributed by atoms with Gasteiger partial charge >= 0.3 is 0 Å². The van der Waals surface area contributed by atoms with E-state index in [9.17, 15) is 0 Å². The highest BCUT2D eigenvalue weighted by atomic mass is 16.7. The fourth-order valence-electron chi connectivity index (χ4n) is 3.00. The number of ether oxygens (including phenoxy) is 2. The van der Waals surface area contributed by atoms with E-state index < -0.39 is 0 Å². The topological polar surface area (TPSA) is 33.7 Å². The minimum atomic E-state index is 0.350. The first-order valence-electron chi connectivity index (χ1n) is 7.23. The van der Waals surface area contributed by atoms with Crippen LogP contribution >= 0.6 is 0 Å². The van der Waals surface area contributed by atoms with Gasteiger partial charge in [-0.2, -0.15) is 0 Å². The minimum absolute atomic E-state index is 0.350. The van der Waals surface area contributed by atoms with E-state index in [1.165, 1.54) is 18.5 Å². The molecule has 2 aliphatic rings. The van der Waals surface area contributed by atoms with E-state index in [1.807, 2.05) is 6.07 Å². The van der Waals surface area contributed by atoms with Gasteiger partial charge in [0.25, 0.3) is 0 Å². The van der Waals surface area contributed by atoms with Crippen molar-refractivity contribution < 1.29 is 9.47 Å². The fraction of sp³-hybridized carbons (Fsp3) is 0.600. The van der Waals surface area contributed by atoms with Gasteiger partial charge in [0.05, 0.1) is 0 Å². The number of rotatable bonds is 3. The van der Waals surface area contributed by atoms with Crippen LogP contribution in [-0.4, -0.2) is 37.9 Å². The molecule has 104 valence electrons. The Kier molecular flexibility index (Phi) is 3.89. The number of nitrogens with zero attached hydrogens (tertiary/aromatic N) is 1. The van der Waals surface area contributed by atoms with Crippen LogP contribution in [0.4, 0.5) is 0 Å². The van der Waals surface area contributed by atoms with Crippen molar-refractivity contribution in [1.29, 1.82) is 0 Å². The van der Waals surface area contributed by atoms with Crippen molar-refractivity contribution in [2.24, 2.45) is 0 Å². The molecule has 4 nitrogen and oxygen atoms in total. The van der Waals surface area contributed by atoms with E-state index >= 15 is 0 Å². The van der Waals surface area contributed by atoms with E-state index in [4.69, 9.17) is 9.47 Å². The van der Waals surface area contributed by atoms with Crippen LogP contribution in [0.2, 0.25) is 0 Å². The third-order valence-electron chi connectivity index (χ3n) is 3.98. The predicted molar refractivity (Wildman–Crippen MR) is 74.7 cm³/mol. The van der Waals surface area contributed by atoms with E-state index in [-0.39, 0.29) is 0 Å². The highest BCUT2D eigenvalue weighted by Gasteiger charge is 2.22. The average Bonchev–Trinajstić information content (AvgIpc) is 2.74. The molecule has 1 aromatic rings. The van der Waals surface area contributed by atoms with Crippen molar-refractivity contribution in [3.05, 3.63) is 23.8 Å². The zero-order valence-corrected chi connectivity index (χ0v) is 11.5. The van der Waals surface area contributed by atoms with Crippen molar-refractivity contribution in [3.63, 3.8) is 0 Å². The summed E-state index contributed by atoms with van der Waals surface area (Å²) >= 11 is 0. The highest BCUT2D eigenvalue weighted by molar-refractivity contribution is 5.45. The second-order valence-corrected chi connectivity index (χ2v) is 5.18. The lowest BCUT2D eigenvalue weighted by molar-refractivity contribution is 0.173. The maximum atomic E-state index is 5.49. The Bertz CT molecular complexity index is 428. The fourth-order valence-corrected chi connectivity index (χ4v) is 3.00. The normalized spacial score (nSPS) is 21.1. The number of hydrogen-bond donors (Lipinski definition) is 1. The van der Waals surface area contributed by atoms with Crippen LogP contribution in [0.5, 0.6) is 11.5 Å². The SMILES string of the molecule is CCC(c1ccc2c(c1)OCO2)N1CCCNCC1. The summed E-state index contributed by atoms with van der Waals surface area (Å²) in [6.07, 6.45) is 2.35. The molecule has 1 unspecified atom stereocenters. The van der Waals surface area contributed by atoms with Gasteiger partial charge in [-0.25, -0.2) is 0 Å². The molecule has 0 spiro atoms. The standard InChI is InChI=1S/C15H22N2O2/c1-2-13(17-8-3-6-16-7-9-17)12-4-5-14-15(10-12)19-11-18-14/h4-5,10,13,16H,2-3,6-9,11H2,1H3. The molecule has 2 aliphatic heterocycles. The summed E-state index contributed by atoms with van der Waals surface area (Å²) in [5, 5.41) is 3.46. The van der Waals surface area contributed by atoms with Crippen molar-refractivity contribution in [2.45, 2.75) is 25.8 Å². The van der Waals surface area contributed by atoms with E-state index in [2.05, 4.69) is 29.3 Å². The molecule has 1 fully saturated rings. The third kappa shape index (κ3) is 2.69. The van der Waals surface area contributed by atoms with Gasteiger partial charge < -0.3 is 14.8 Å². The van der Waals surface area contributed by atoms with Crippen LogP contribution in [0.1, 0.15) is 31.4 Å². The molecule has 1 atom stereocenters. The van der Waals surface area contributed by atoms with Gasteiger partial charge in [-0.15, -0.1) is 0 Å². The summed E-state index contributed by atoms with van der Waals surface area (Å²) < 4.78 is 10.9. The summed E-state index contributed by atoms with van der Waals surface area (Å²) in [5.41, 5.74) is 1.34. The van der Waals surface area contributed by atoms with Crippen LogP contribution in [0, 0.1) is 0 Å². The second kappa shape index (κ2) is 5.80. The Hall–Kier alpha value is -1.26. The molecule has 0 amide bonds. The summed E-state index contributed by atoms with van der Waals surface area (Å²) in [4.78, 5) is 2.58. The van der Waals surface area contributed by atoms with Crippen molar-refractivity contribution in [3.8, 4) is 11.5 Å². The van der Waals surface area contributed by atoms with Crippen LogP contribution in [0.3, 0.4) is 0 Å². The Labute approximate surface area is 114 Å². The number of nitrogens with one attached hydrogen (secondary N) is 1. The molecule has 4 heteroatoms. The monoisotopic (exact) mass is 262 g/mol. The van der Waals surface area contributed by atoms with Crippen molar-refractivity contribution in [1.82, 2.24) is 10.2 Å². The first-order valence-corrected chi connectivity index (χ1v) is 7.23. The lowest BCUT2D eigenvalue weighted by Gasteiger charge is -2.30. The molecule has 1 N–H and O–H groups in total. The second-order valence-electron chi connectivity index (χ2n) is 5.18. The molecular weight excluding hydrogens is 240 g/mol. The lowest BCUT2D eigenvalue weighted by Crippen LogP contribution is -2.32. The Balaban J connectivity index is 1.80. The summed E-state index contributed by atoms with van der Waals surface area (Å²) in [6.45, 7) is 7.11. The summed E-state index contributed by atoms with van der Waals surface area (Å²) in [7, 11) is 0. The molecule has 19 heavy (non-hydrogen) atoms. The van der Waals surface area contributed by atoms with Gasteiger partial charge in [0.1, 0.15) is 0 Å². The average molecular weight is 262 g/mol. The first kappa shape index (κ1) is 12.8. The number of hydrogen-bond acceptors (Lipinski definition) is 4. The molecular formula is C15H22N2O2. The van der Waals surface area contributed by atoms with Gasteiger partial charge in [-0.3, -0.25) is 4.90 Å². The Morgan fingerprint density at radius 2 is 2.11 bits per heavy atom. The van der Waals surface area contributed by atoms with Crippen LogP contribution in [-0.2, 0) is 0 Å². The van der Waals surface area contributed by atoms with Gasteiger partial charge in [0.2, 0.25) is 6.79 Å². The molecule has 0 bridgehead atoms. The third-order valence-corrected chi connectivity index (χ3v) is 3.98. The Morgan fingerprint density at radius 3 is 3.00 bits per heavy atom. The van der Waals surface area contributed by atoms with Crippen molar-refractivity contribution >= 4 is 0 Å². The molecule has 0 aromatic heterocycles. The van der Waals surface area contributed by atoms with Crippen molar-refractivity contribution in [2.75, 3.05) is 33.0 Å². The molecule has 1 aromatic carbocycles. The zero-order valence-electron chi connectivity index (χ0n) is 11.5. The number of fused-ring (bicyclic) bond motifs is 1. The molecule has 0 aliphatic carbocycles. The molecule has 0 saturated carbocycles. The number of benzene rings is 1. The van der Waals surface area contributed by atoms with E-state index in [0.717, 1.165) is 37.6 Å². The quantitative estimate of drug-likeness (QED) is 0.905. The largest absolute Gasteiger partial charge is 0.454 e. The minimum Gasteiger partial charge on any atom is -0.454 e. The maximum Gasteiger partial charge on any atom is 0.231 e. The molecule has 3 rings (SSSR count). The van der Waals surface area contributed by atoms with Crippen LogP contribution < -0.4 is 14.8 Å². The summed E-state index contributed by atoms with van der Waals surface area (Å²) in [6, 6.07) is 6.85. The highest BCUT2D eigenvalue weighted by Crippen LogP contribution is 2.36. The first-order chi connectivity index (χ1) is 9.38. The lowest BCUT2D eigenvalue weighted by atomic mass is 10.0. The smallest absolute Gasteiger partial charge is 0.231 e. The van der Waals surface area contributed by atoms with E-state index in [1.54, 1.807) is 0 Å². The van der Waals surface area contributed by atoms with Gasteiger partial charge in [0.15, 0.2) is 11.5 Å².